The van der Waals surface area contributed by atoms with Crippen LogP contribution in [0.1, 0.15) is 49.5 Å². The van der Waals surface area contributed by atoms with Crippen LogP contribution in [0.5, 0.6) is 0 Å². The van der Waals surface area contributed by atoms with Gasteiger partial charge in [0.15, 0.2) is 0 Å². The fourth-order valence-electron chi connectivity index (χ4n) is 5.34. The third-order valence-electron chi connectivity index (χ3n) is 8.06. The van der Waals surface area contributed by atoms with Gasteiger partial charge in [-0.25, -0.2) is 0 Å². The Morgan fingerprint density at radius 1 is 0.886 bits per heavy atom. The van der Waals surface area contributed by atoms with Crippen LogP contribution in [-0.2, 0) is 9.53 Å². The lowest BCUT2D eigenvalue weighted by Gasteiger charge is -2.40. The molecule has 0 radical (unpaired) electrons. The first-order chi connectivity index (χ1) is 21.3. The summed E-state index contributed by atoms with van der Waals surface area (Å²) in [4.78, 5) is 15.2. The molecular weight excluding hydrogens is 589 g/mol. The Balaban J connectivity index is 0.000000296. The van der Waals surface area contributed by atoms with Crippen molar-refractivity contribution in [2.75, 3.05) is 17.3 Å². The number of para-hydroxylation sites is 1. The first-order valence-electron chi connectivity index (χ1n) is 15.0. The molecule has 2 fully saturated rings. The first-order valence-corrected chi connectivity index (χ1v) is 16.6. The van der Waals surface area contributed by atoms with E-state index in [0.717, 1.165) is 50.3 Å². The quantitative estimate of drug-likeness (QED) is 0.125. The second-order valence-electron chi connectivity index (χ2n) is 11.2. The minimum absolute atomic E-state index is 0.0468. The normalized spacial score (nSPS) is 22.0. The van der Waals surface area contributed by atoms with Crippen LogP contribution in [0.2, 0.25) is 0 Å². The highest BCUT2D eigenvalue weighted by atomic mass is 32.2. The summed E-state index contributed by atoms with van der Waals surface area (Å²) in [6.07, 6.45) is -0.0464. The van der Waals surface area contributed by atoms with Gasteiger partial charge in [-0.3, -0.25) is 4.79 Å². The highest BCUT2D eigenvalue weighted by Crippen LogP contribution is 2.39. The Hall–Kier alpha value is -3.03. The van der Waals surface area contributed by atoms with Crippen LogP contribution < -0.4 is 10.2 Å². The van der Waals surface area contributed by atoms with Crippen molar-refractivity contribution in [3.8, 4) is 11.1 Å². The van der Waals surface area contributed by atoms with Crippen molar-refractivity contribution < 1.29 is 24.9 Å². The van der Waals surface area contributed by atoms with Gasteiger partial charge >= 0.3 is 0 Å². The van der Waals surface area contributed by atoms with E-state index in [1.165, 1.54) is 0 Å². The van der Waals surface area contributed by atoms with Gasteiger partial charge in [0, 0.05) is 22.8 Å². The SMILES string of the molecule is CCC(O)c1ccc(P)cc1.O=C1CC(c2ccc(-c3ccc(SCC4CC(O)[C@H](O)CO4)cc3)cc2)N1c1ccccc1. The molecule has 0 aromatic heterocycles. The molecule has 6 nitrogen and oxygen atoms in total. The molecule has 6 rings (SSSR count). The van der Waals surface area contributed by atoms with Crippen LogP contribution in [0.25, 0.3) is 11.1 Å². The average Bonchev–Trinajstić information content (AvgIpc) is 3.05. The second-order valence-corrected chi connectivity index (χ2v) is 13.0. The molecule has 2 aliphatic rings. The number of aliphatic hydroxyl groups excluding tert-OH is 3. The summed E-state index contributed by atoms with van der Waals surface area (Å²) < 4.78 is 5.61. The number of rotatable bonds is 8. The Bertz CT molecular complexity index is 1480. The van der Waals surface area contributed by atoms with Crippen molar-refractivity contribution in [1.82, 2.24) is 0 Å². The predicted octanol–water partition coefficient (Wildman–Crippen LogP) is 6.06. The molecule has 6 atom stereocenters. The summed E-state index contributed by atoms with van der Waals surface area (Å²) >= 11 is 1.69. The zero-order valence-electron chi connectivity index (χ0n) is 24.8. The van der Waals surface area contributed by atoms with Crippen molar-refractivity contribution >= 4 is 37.9 Å². The van der Waals surface area contributed by atoms with Gasteiger partial charge in [-0.1, -0.05) is 85.8 Å². The summed E-state index contributed by atoms with van der Waals surface area (Å²) in [5.74, 6) is 0.906. The standard InChI is InChI=1S/C27H27NO4S.C9H13OP/c29-25-14-22(32-16-26(25)30)17-33-23-12-10-19(11-13-23)18-6-8-20(9-7-18)24-15-27(31)28(24)21-4-2-1-3-5-21;1-2-9(10)7-3-5-8(11)6-4-7/h1-13,22,24-26,29-30H,14-17H2;3-6,9-10H,2,11H2,1H3/t22?,24?,25?,26-;/m1./s1. The molecule has 0 saturated carbocycles. The fourth-order valence-corrected chi connectivity index (χ4v) is 6.47. The van der Waals surface area contributed by atoms with Crippen LogP contribution in [0.15, 0.2) is 108 Å². The molecule has 2 saturated heterocycles. The zero-order valence-corrected chi connectivity index (χ0v) is 26.8. The minimum Gasteiger partial charge on any atom is -0.390 e. The molecule has 8 heteroatoms. The molecule has 1 amide bonds. The summed E-state index contributed by atoms with van der Waals surface area (Å²) in [6, 6.07) is 34.7. The average molecular weight is 630 g/mol. The van der Waals surface area contributed by atoms with Crippen molar-refractivity contribution in [3.63, 3.8) is 0 Å². The lowest BCUT2D eigenvalue weighted by Crippen LogP contribution is -2.46. The maximum atomic E-state index is 12.2. The molecule has 0 aliphatic carbocycles. The highest BCUT2D eigenvalue weighted by molar-refractivity contribution is 7.99. The summed E-state index contributed by atoms with van der Waals surface area (Å²) in [6.45, 7) is 2.17. The van der Waals surface area contributed by atoms with E-state index in [1.807, 2.05) is 66.4 Å². The number of nitrogens with zero attached hydrogens (tertiary/aromatic N) is 1. The number of aliphatic hydroxyl groups is 3. The fraction of sp³-hybridized carbons (Fsp3) is 0.306. The van der Waals surface area contributed by atoms with Gasteiger partial charge in [0.2, 0.25) is 5.91 Å². The van der Waals surface area contributed by atoms with Crippen LogP contribution in [0.4, 0.5) is 5.69 Å². The monoisotopic (exact) mass is 629 g/mol. The Labute approximate surface area is 266 Å². The second kappa shape index (κ2) is 15.3. The third kappa shape index (κ3) is 8.16. The molecule has 230 valence electrons. The lowest BCUT2D eigenvalue weighted by molar-refractivity contribution is -0.124. The van der Waals surface area contributed by atoms with Crippen molar-refractivity contribution in [2.45, 2.75) is 61.5 Å². The van der Waals surface area contributed by atoms with E-state index in [0.29, 0.717) is 12.8 Å². The number of thioether (sulfide) groups is 1. The van der Waals surface area contributed by atoms with Crippen molar-refractivity contribution in [1.29, 1.82) is 0 Å². The summed E-state index contributed by atoms with van der Waals surface area (Å²) in [5, 5.41) is 29.9. The van der Waals surface area contributed by atoms with Crippen molar-refractivity contribution in [3.05, 3.63) is 114 Å². The van der Waals surface area contributed by atoms with E-state index in [-0.39, 0.29) is 30.8 Å². The van der Waals surface area contributed by atoms with Gasteiger partial charge < -0.3 is 25.0 Å². The van der Waals surface area contributed by atoms with Crippen LogP contribution in [0.3, 0.4) is 0 Å². The lowest BCUT2D eigenvalue weighted by atomic mass is 9.91. The molecule has 2 aliphatic heterocycles. The number of amides is 1. The predicted molar refractivity (Wildman–Crippen MR) is 181 cm³/mol. The topological polar surface area (TPSA) is 90.2 Å². The van der Waals surface area contributed by atoms with Gasteiger partial charge in [0.1, 0.15) is 6.10 Å². The number of carbonyl (C=O) groups is 1. The molecule has 3 N–H and O–H groups in total. The Kier molecular flexibility index (Phi) is 11.3. The van der Waals surface area contributed by atoms with E-state index in [2.05, 4.69) is 57.8 Å². The van der Waals surface area contributed by atoms with E-state index in [1.54, 1.807) is 11.8 Å². The van der Waals surface area contributed by atoms with Crippen LogP contribution in [0, 0.1) is 0 Å². The number of anilines is 1. The molecule has 44 heavy (non-hydrogen) atoms. The highest BCUT2D eigenvalue weighted by Gasteiger charge is 2.38. The molecule has 5 unspecified atom stereocenters. The zero-order chi connectivity index (χ0) is 31.1. The number of hydrogen-bond acceptors (Lipinski definition) is 6. The molecule has 4 aromatic rings. The number of β-lactam (4-membered cyclic amide) rings is 1. The number of hydrogen-bond donors (Lipinski definition) is 3. The largest absolute Gasteiger partial charge is 0.390 e. The van der Waals surface area contributed by atoms with Gasteiger partial charge in [-0.05, 0) is 58.2 Å². The van der Waals surface area contributed by atoms with E-state index in [9.17, 15) is 20.1 Å². The van der Waals surface area contributed by atoms with Crippen LogP contribution in [-0.4, -0.2) is 51.9 Å². The van der Waals surface area contributed by atoms with Gasteiger partial charge in [-0.15, -0.1) is 21.0 Å². The number of ether oxygens (including phenoxy) is 1. The maximum absolute atomic E-state index is 12.2. The van der Waals surface area contributed by atoms with Crippen molar-refractivity contribution in [2.24, 2.45) is 0 Å². The third-order valence-corrected chi connectivity index (χ3v) is 9.59. The van der Waals surface area contributed by atoms with Gasteiger partial charge in [-0.2, -0.15) is 0 Å². The van der Waals surface area contributed by atoms with E-state index < -0.39 is 12.2 Å². The van der Waals surface area contributed by atoms with E-state index >= 15 is 0 Å². The maximum Gasteiger partial charge on any atom is 0.230 e. The molecule has 0 bridgehead atoms. The Morgan fingerprint density at radius 2 is 1.52 bits per heavy atom. The molecule has 0 spiro atoms. The molecule has 4 aromatic carbocycles. The smallest absolute Gasteiger partial charge is 0.230 e. The number of carbonyl (C=O) groups excluding carboxylic acids is 1. The van der Waals surface area contributed by atoms with Gasteiger partial charge in [0.25, 0.3) is 0 Å². The van der Waals surface area contributed by atoms with Crippen LogP contribution >= 0.6 is 21.0 Å². The molecule has 2 heterocycles. The Morgan fingerprint density at radius 3 is 2.11 bits per heavy atom. The van der Waals surface area contributed by atoms with E-state index in [4.69, 9.17) is 4.74 Å². The number of benzene rings is 4. The summed E-state index contributed by atoms with van der Waals surface area (Å²) in [7, 11) is 2.62. The summed E-state index contributed by atoms with van der Waals surface area (Å²) in [5.41, 5.74) is 5.37. The first kappa shape index (κ1) is 32.4. The minimum atomic E-state index is -0.775. The van der Waals surface area contributed by atoms with Gasteiger partial charge in [0.05, 0.1) is 37.4 Å². The molecular formula is C36H40NO5PS.